The summed E-state index contributed by atoms with van der Waals surface area (Å²) in [5.41, 5.74) is 4.77. The Morgan fingerprint density at radius 2 is 2.18 bits per heavy atom. The molecule has 0 spiro atoms. The van der Waals surface area contributed by atoms with Gasteiger partial charge in [0.15, 0.2) is 0 Å². The number of ether oxygens (including phenoxy) is 1. The van der Waals surface area contributed by atoms with Gasteiger partial charge in [-0.05, 0) is 26.0 Å². The van der Waals surface area contributed by atoms with Crippen molar-refractivity contribution in [2.75, 3.05) is 25.0 Å². The van der Waals surface area contributed by atoms with E-state index >= 15 is 0 Å². The predicted molar refractivity (Wildman–Crippen MR) is 65.7 cm³/mol. The maximum absolute atomic E-state index is 13.5. The van der Waals surface area contributed by atoms with Gasteiger partial charge < -0.3 is 20.9 Å². The van der Waals surface area contributed by atoms with Gasteiger partial charge in [-0.15, -0.1) is 0 Å². The molecule has 5 heteroatoms. The minimum absolute atomic E-state index is 0.113. The Hall–Kier alpha value is -1.33. The Labute approximate surface area is 101 Å². The fraction of sp³-hybridized carbons (Fsp3) is 0.500. The molecule has 0 unspecified atom stereocenters. The van der Waals surface area contributed by atoms with E-state index in [9.17, 15) is 9.50 Å². The SMILES string of the molecule is CC(C)(O)COc1ccc(NCCN)c(F)c1. The molecule has 0 radical (unpaired) electrons. The number of nitrogens with two attached hydrogens (primary N) is 1. The first-order valence-electron chi connectivity index (χ1n) is 5.51. The van der Waals surface area contributed by atoms with E-state index in [0.29, 0.717) is 24.5 Å². The van der Waals surface area contributed by atoms with Gasteiger partial charge in [-0.3, -0.25) is 0 Å². The number of benzene rings is 1. The number of halogens is 1. The van der Waals surface area contributed by atoms with Gasteiger partial charge >= 0.3 is 0 Å². The largest absolute Gasteiger partial charge is 0.491 e. The van der Waals surface area contributed by atoms with Crippen LogP contribution in [0.3, 0.4) is 0 Å². The van der Waals surface area contributed by atoms with Gasteiger partial charge in [0.2, 0.25) is 0 Å². The van der Waals surface area contributed by atoms with Gasteiger partial charge in [-0.2, -0.15) is 0 Å². The summed E-state index contributed by atoms with van der Waals surface area (Å²) < 4.78 is 18.8. The molecule has 0 aliphatic carbocycles. The van der Waals surface area contributed by atoms with Crippen molar-refractivity contribution >= 4 is 5.69 Å². The van der Waals surface area contributed by atoms with Crippen molar-refractivity contribution in [2.45, 2.75) is 19.4 Å². The molecule has 0 aromatic heterocycles. The zero-order valence-corrected chi connectivity index (χ0v) is 10.2. The van der Waals surface area contributed by atoms with E-state index in [1.165, 1.54) is 6.07 Å². The van der Waals surface area contributed by atoms with E-state index in [4.69, 9.17) is 10.5 Å². The van der Waals surface area contributed by atoms with Crippen LogP contribution in [0.1, 0.15) is 13.8 Å². The summed E-state index contributed by atoms with van der Waals surface area (Å²) >= 11 is 0. The van der Waals surface area contributed by atoms with Crippen LogP contribution in [0.4, 0.5) is 10.1 Å². The molecule has 0 amide bonds. The van der Waals surface area contributed by atoms with E-state index in [1.54, 1.807) is 26.0 Å². The quantitative estimate of drug-likeness (QED) is 0.704. The number of rotatable bonds is 6. The van der Waals surface area contributed by atoms with Crippen LogP contribution >= 0.6 is 0 Å². The molecular formula is C12H19FN2O2. The maximum atomic E-state index is 13.5. The number of hydrogen-bond donors (Lipinski definition) is 3. The Balaban J connectivity index is 2.62. The molecule has 0 saturated heterocycles. The molecule has 0 aliphatic rings. The number of aliphatic hydroxyl groups is 1. The maximum Gasteiger partial charge on any atom is 0.149 e. The van der Waals surface area contributed by atoms with Crippen molar-refractivity contribution in [3.8, 4) is 5.75 Å². The van der Waals surface area contributed by atoms with Gasteiger partial charge in [0.05, 0.1) is 11.3 Å². The first kappa shape index (κ1) is 13.7. The third-order valence-corrected chi connectivity index (χ3v) is 1.99. The monoisotopic (exact) mass is 242 g/mol. The predicted octanol–water partition coefficient (Wildman–Crippen LogP) is 1.35. The second-order valence-corrected chi connectivity index (χ2v) is 4.46. The van der Waals surface area contributed by atoms with Crippen LogP contribution in [-0.2, 0) is 0 Å². The van der Waals surface area contributed by atoms with Crippen LogP contribution in [0, 0.1) is 5.82 Å². The summed E-state index contributed by atoms with van der Waals surface area (Å²) in [4.78, 5) is 0. The van der Waals surface area contributed by atoms with Crippen LogP contribution in [0.2, 0.25) is 0 Å². The van der Waals surface area contributed by atoms with Crippen LogP contribution < -0.4 is 15.8 Å². The lowest BCUT2D eigenvalue weighted by molar-refractivity contribution is 0.0284. The number of nitrogens with one attached hydrogen (secondary N) is 1. The first-order valence-corrected chi connectivity index (χ1v) is 5.51. The summed E-state index contributed by atoms with van der Waals surface area (Å²) in [6.45, 7) is 4.32. The Morgan fingerprint density at radius 1 is 1.47 bits per heavy atom. The first-order chi connectivity index (χ1) is 7.92. The van der Waals surface area contributed by atoms with Gasteiger partial charge in [-0.1, -0.05) is 0 Å². The van der Waals surface area contributed by atoms with Gasteiger partial charge in [-0.25, -0.2) is 4.39 Å². The average Bonchev–Trinajstić information content (AvgIpc) is 2.24. The molecule has 1 rings (SSSR count). The highest BCUT2D eigenvalue weighted by molar-refractivity contribution is 5.48. The minimum atomic E-state index is -0.938. The molecule has 4 N–H and O–H groups in total. The van der Waals surface area contributed by atoms with Gasteiger partial charge in [0, 0.05) is 19.2 Å². The van der Waals surface area contributed by atoms with Crippen LogP contribution in [0.25, 0.3) is 0 Å². The van der Waals surface area contributed by atoms with Crippen molar-refractivity contribution in [2.24, 2.45) is 5.73 Å². The molecular weight excluding hydrogens is 223 g/mol. The summed E-state index contributed by atoms with van der Waals surface area (Å²) in [6, 6.07) is 4.52. The molecule has 1 aromatic carbocycles. The lowest BCUT2D eigenvalue weighted by Gasteiger charge is -2.18. The fourth-order valence-corrected chi connectivity index (χ4v) is 1.20. The third kappa shape index (κ3) is 5.01. The normalized spacial score (nSPS) is 11.4. The third-order valence-electron chi connectivity index (χ3n) is 1.99. The molecule has 4 nitrogen and oxygen atoms in total. The van der Waals surface area contributed by atoms with Crippen molar-refractivity contribution < 1.29 is 14.2 Å². The van der Waals surface area contributed by atoms with Crippen LogP contribution in [-0.4, -0.2) is 30.4 Å². The molecule has 0 aliphatic heterocycles. The summed E-state index contributed by atoms with van der Waals surface area (Å²) in [5, 5.41) is 12.3. The van der Waals surface area contributed by atoms with E-state index in [-0.39, 0.29) is 6.61 Å². The van der Waals surface area contributed by atoms with E-state index in [0.717, 1.165) is 0 Å². The van der Waals surface area contributed by atoms with Crippen molar-refractivity contribution in [1.29, 1.82) is 0 Å². The highest BCUT2D eigenvalue weighted by Gasteiger charge is 2.13. The molecule has 17 heavy (non-hydrogen) atoms. The van der Waals surface area contributed by atoms with Crippen LogP contribution in [0.15, 0.2) is 18.2 Å². The molecule has 96 valence electrons. The molecule has 1 aromatic rings. The second kappa shape index (κ2) is 5.84. The van der Waals surface area contributed by atoms with E-state index in [2.05, 4.69) is 5.32 Å². The van der Waals surface area contributed by atoms with E-state index < -0.39 is 11.4 Å². The Kier molecular flexibility index (Phi) is 4.72. The standard InChI is InChI=1S/C12H19FN2O2/c1-12(2,16)8-17-9-3-4-11(10(13)7-9)15-6-5-14/h3-4,7,15-16H,5-6,8,14H2,1-2H3. The summed E-state index contributed by atoms with van der Waals surface area (Å²) in [7, 11) is 0. The molecule has 0 fully saturated rings. The Morgan fingerprint density at radius 3 is 2.71 bits per heavy atom. The lowest BCUT2D eigenvalue weighted by atomic mass is 10.2. The zero-order chi connectivity index (χ0) is 12.9. The highest BCUT2D eigenvalue weighted by atomic mass is 19.1. The van der Waals surface area contributed by atoms with E-state index in [1.807, 2.05) is 0 Å². The molecule has 0 bridgehead atoms. The number of anilines is 1. The summed E-state index contributed by atoms with van der Waals surface area (Å²) in [5.74, 6) is -0.00498. The summed E-state index contributed by atoms with van der Waals surface area (Å²) in [6.07, 6.45) is 0. The van der Waals surface area contributed by atoms with Crippen molar-refractivity contribution in [3.05, 3.63) is 24.0 Å². The topological polar surface area (TPSA) is 67.5 Å². The molecule has 0 heterocycles. The number of hydrogen-bond acceptors (Lipinski definition) is 4. The molecule has 0 atom stereocenters. The second-order valence-electron chi connectivity index (χ2n) is 4.46. The van der Waals surface area contributed by atoms with Crippen molar-refractivity contribution in [3.63, 3.8) is 0 Å². The zero-order valence-electron chi connectivity index (χ0n) is 10.2. The minimum Gasteiger partial charge on any atom is -0.491 e. The molecule has 0 saturated carbocycles. The highest BCUT2D eigenvalue weighted by Crippen LogP contribution is 2.21. The Bertz CT molecular complexity index is 364. The average molecular weight is 242 g/mol. The van der Waals surface area contributed by atoms with Gasteiger partial charge in [0.1, 0.15) is 18.2 Å². The van der Waals surface area contributed by atoms with Gasteiger partial charge in [0.25, 0.3) is 0 Å². The smallest absolute Gasteiger partial charge is 0.149 e. The lowest BCUT2D eigenvalue weighted by Crippen LogP contribution is -2.27. The van der Waals surface area contributed by atoms with Crippen LogP contribution in [0.5, 0.6) is 5.75 Å². The van der Waals surface area contributed by atoms with Crippen molar-refractivity contribution in [1.82, 2.24) is 0 Å². The fourth-order valence-electron chi connectivity index (χ4n) is 1.20.